The van der Waals surface area contributed by atoms with Crippen LogP contribution in [-0.4, -0.2) is 15.1 Å². The van der Waals surface area contributed by atoms with E-state index >= 15 is 0 Å². The molecule has 5 rings (SSSR count). The van der Waals surface area contributed by atoms with Crippen molar-refractivity contribution in [2.24, 2.45) is 0 Å². The van der Waals surface area contributed by atoms with Gasteiger partial charge in [-0.1, -0.05) is 67.4 Å². The van der Waals surface area contributed by atoms with Gasteiger partial charge in [-0.2, -0.15) is 0 Å². The van der Waals surface area contributed by atoms with Gasteiger partial charge in [-0.15, -0.1) is 6.07 Å². The van der Waals surface area contributed by atoms with Gasteiger partial charge in [0.15, 0.2) is 0 Å². The molecule has 2 heterocycles. The Bertz CT molecular complexity index is 1340. The van der Waals surface area contributed by atoms with Crippen molar-refractivity contribution in [3.8, 4) is 39.5 Å². The van der Waals surface area contributed by atoms with Crippen molar-refractivity contribution in [2.75, 3.05) is 0 Å². The van der Waals surface area contributed by atoms with Crippen molar-refractivity contribution in [2.45, 2.75) is 32.1 Å². The van der Waals surface area contributed by atoms with Crippen LogP contribution in [0.1, 0.15) is 37.8 Å². The Morgan fingerprint density at radius 3 is 2.27 bits per heavy atom. The van der Waals surface area contributed by atoms with Crippen LogP contribution in [0.3, 0.4) is 0 Å². The van der Waals surface area contributed by atoms with Crippen molar-refractivity contribution < 1.29 is 35.0 Å². The molecule has 170 valence electrons. The molecule has 0 aliphatic heterocycles. The number of rotatable bonds is 4. The number of hydrogen-bond donors (Lipinski definition) is 1. The minimum absolute atomic E-state index is 0. The smallest absolute Gasteiger partial charge is 0.125 e. The van der Waals surface area contributed by atoms with Crippen LogP contribution in [0.2, 0.25) is 0 Å². The van der Waals surface area contributed by atoms with E-state index in [2.05, 4.69) is 24.9 Å². The largest absolute Gasteiger partial charge is 0.507 e. The molecule has 0 fully saturated rings. The maximum Gasteiger partial charge on any atom is 0.125 e. The van der Waals surface area contributed by atoms with E-state index in [9.17, 15) is 13.9 Å². The number of hydrogen-bond acceptors (Lipinski definition) is 3. The Kier molecular flexibility index (Phi) is 6.20. The molecular weight excluding hydrogens is 601 g/mol. The Morgan fingerprint density at radius 2 is 1.61 bits per heavy atom. The topological polar surface area (TPSA) is 46.0 Å². The van der Waals surface area contributed by atoms with Crippen molar-refractivity contribution in [3.05, 3.63) is 89.6 Å². The van der Waals surface area contributed by atoms with Crippen molar-refractivity contribution >= 4 is 0 Å². The molecule has 4 aromatic rings. The van der Waals surface area contributed by atoms with E-state index in [1.807, 2.05) is 18.2 Å². The molecule has 0 radical (unpaired) electrons. The number of phenols is 1. The standard InChI is InChI=1S/C27H21F2N2O.Pt/c1-3-27(4-2)18-8-7-10-24(32)25(18)26-19(27)11-12-23(31-26)17-14-16(20(28)15-21(17)29)22-9-5-6-13-30-22;/h5-13,15,32H,3-4H2,1-2H3;/q-1;. The number of halogens is 2. The van der Waals surface area contributed by atoms with Crippen LogP contribution in [0.15, 0.2) is 60.8 Å². The van der Waals surface area contributed by atoms with Crippen LogP contribution in [0.25, 0.3) is 33.8 Å². The summed E-state index contributed by atoms with van der Waals surface area (Å²) in [5, 5.41) is 10.7. The van der Waals surface area contributed by atoms with E-state index in [1.54, 1.807) is 36.5 Å². The quantitative estimate of drug-likeness (QED) is 0.259. The van der Waals surface area contributed by atoms with E-state index in [4.69, 9.17) is 4.98 Å². The molecule has 0 atom stereocenters. The number of fused-ring (bicyclic) bond motifs is 3. The second-order valence-electron chi connectivity index (χ2n) is 8.01. The number of nitrogens with zero attached hydrogens (tertiary/aromatic N) is 2. The van der Waals surface area contributed by atoms with Crippen LogP contribution < -0.4 is 0 Å². The van der Waals surface area contributed by atoms with Crippen molar-refractivity contribution in [1.82, 2.24) is 9.97 Å². The van der Waals surface area contributed by atoms with Gasteiger partial charge in [-0.3, -0.25) is 18.7 Å². The predicted octanol–water partition coefficient (Wildman–Crippen LogP) is 6.68. The summed E-state index contributed by atoms with van der Waals surface area (Å²) in [5.74, 6) is -1.33. The number of pyridine rings is 2. The average molecular weight is 623 g/mol. The molecule has 0 unspecified atom stereocenters. The van der Waals surface area contributed by atoms with Crippen molar-refractivity contribution in [3.63, 3.8) is 0 Å². The minimum Gasteiger partial charge on any atom is -0.507 e. The van der Waals surface area contributed by atoms with Crippen LogP contribution in [-0.2, 0) is 26.5 Å². The second-order valence-corrected chi connectivity index (χ2v) is 8.01. The Balaban J connectivity index is 0.00000259. The molecule has 33 heavy (non-hydrogen) atoms. The maximum atomic E-state index is 14.9. The first-order chi connectivity index (χ1) is 15.5. The monoisotopic (exact) mass is 622 g/mol. The third-order valence-corrected chi connectivity index (χ3v) is 6.57. The summed E-state index contributed by atoms with van der Waals surface area (Å²) in [6, 6.07) is 18.0. The fraction of sp³-hybridized carbons (Fsp3) is 0.185. The van der Waals surface area contributed by atoms with Gasteiger partial charge in [-0.25, -0.2) is 0 Å². The fourth-order valence-electron chi connectivity index (χ4n) is 4.90. The molecule has 1 aliphatic carbocycles. The number of phenolic OH excluding ortho intramolecular Hbond substituents is 1. The van der Waals surface area contributed by atoms with Gasteiger partial charge in [0.25, 0.3) is 0 Å². The Morgan fingerprint density at radius 1 is 0.879 bits per heavy atom. The maximum absolute atomic E-state index is 14.9. The summed E-state index contributed by atoms with van der Waals surface area (Å²) >= 11 is 0. The molecule has 2 aromatic heterocycles. The van der Waals surface area contributed by atoms with E-state index in [1.165, 1.54) is 0 Å². The fourth-order valence-corrected chi connectivity index (χ4v) is 4.90. The molecule has 0 saturated carbocycles. The second kappa shape index (κ2) is 8.79. The van der Waals surface area contributed by atoms with Gasteiger partial charge < -0.3 is 5.11 Å². The summed E-state index contributed by atoms with van der Waals surface area (Å²) in [6.07, 6.45) is 3.23. The number of aromatic hydroxyl groups is 1. The van der Waals surface area contributed by atoms with Gasteiger partial charge in [0.05, 0.1) is 17.3 Å². The first-order valence-corrected chi connectivity index (χ1v) is 10.7. The number of aromatic nitrogens is 2. The molecule has 0 spiro atoms. The zero-order chi connectivity index (χ0) is 22.5. The molecular formula is C27H21F2N2OPt-. The van der Waals surface area contributed by atoms with Crippen LogP contribution in [0.4, 0.5) is 8.78 Å². The van der Waals surface area contributed by atoms with Crippen LogP contribution in [0, 0.1) is 17.7 Å². The molecule has 1 aliphatic rings. The van der Waals surface area contributed by atoms with Gasteiger partial charge >= 0.3 is 0 Å². The molecule has 6 heteroatoms. The third-order valence-electron chi connectivity index (χ3n) is 6.57. The molecule has 3 nitrogen and oxygen atoms in total. The first-order valence-electron chi connectivity index (χ1n) is 10.7. The third kappa shape index (κ3) is 3.50. The van der Waals surface area contributed by atoms with Gasteiger partial charge in [0.2, 0.25) is 0 Å². The summed E-state index contributed by atoms with van der Waals surface area (Å²) in [4.78, 5) is 8.94. The van der Waals surface area contributed by atoms with Gasteiger partial charge in [0.1, 0.15) is 5.75 Å². The summed E-state index contributed by atoms with van der Waals surface area (Å²) in [5.41, 5.74) is 3.94. The predicted molar refractivity (Wildman–Crippen MR) is 120 cm³/mol. The molecule has 0 saturated heterocycles. The normalized spacial score (nSPS) is 13.2. The van der Waals surface area contributed by atoms with Crippen LogP contribution in [0.5, 0.6) is 5.75 Å². The van der Waals surface area contributed by atoms with Gasteiger partial charge in [-0.05, 0) is 36.1 Å². The molecule has 2 aromatic carbocycles. The Hall–Kier alpha value is -2.91. The Labute approximate surface area is 205 Å². The van der Waals surface area contributed by atoms with Crippen LogP contribution >= 0.6 is 0 Å². The minimum atomic E-state index is -0.748. The summed E-state index contributed by atoms with van der Waals surface area (Å²) in [6.45, 7) is 4.24. The first kappa shape index (κ1) is 23.3. The zero-order valence-corrected chi connectivity index (χ0v) is 20.4. The molecule has 0 bridgehead atoms. The summed E-state index contributed by atoms with van der Waals surface area (Å²) in [7, 11) is 0. The average Bonchev–Trinajstić information content (AvgIpc) is 3.10. The van der Waals surface area contributed by atoms with Gasteiger partial charge in [0, 0.05) is 49.6 Å². The zero-order valence-electron chi connectivity index (χ0n) is 18.1. The molecule has 1 N–H and O–H groups in total. The van der Waals surface area contributed by atoms with E-state index in [0.717, 1.165) is 30.0 Å². The SMILES string of the molecule is CCC1(CC)c2ccc(-c3[c-]c(-c4ccccn4)c(F)cc3F)nc2-c2c(O)cccc21.[Pt]. The molecule has 0 amide bonds. The number of benzene rings is 2. The van der Waals surface area contributed by atoms with E-state index < -0.39 is 11.6 Å². The van der Waals surface area contributed by atoms with Crippen molar-refractivity contribution in [1.29, 1.82) is 0 Å². The van der Waals surface area contributed by atoms with E-state index in [0.29, 0.717) is 22.6 Å². The summed E-state index contributed by atoms with van der Waals surface area (Å²) < 4.78 is 29.4. The van der Waals surface area contributed by atoms with E-state index in [-0.39, 0.29) is 43.4 Å².